The Morgan fingerprint density at radius 1 is 0.211 bits per heavy atom. The SMILES string of the molecule is c1ccc(-c2nc(-c3ccccc3)nc(-c3ccc(-n4c5ccccc5c5c6ccccc6ccc54)cc3)n2)cc1.c1ccc(-c2nc(-c3ccccc3)nc(-n3c4ccccc4c4c5ccccc5ccc43)n2)cc1. The van der Waals surface area contributed by atoms with Crippen molar-refractivity contribution < 1.29 is 0 Å². The zero-order chi connectivity index (χ0) is 50.4. The van der Waals surface area contributed by atoms with Crippen molar-refractivity contribution in [2.75, 3.05) is 0 Å². The van der Waals surface area contributed by atoms with Crippen molar-refractivity contribution in [2.45, 2.75) is 0 Å². The average molecular weight is 973 g/mol. The Labute approximate surface area is 437 Å². The maximum Gasteiger partial charge on any atom is 0.238 e. The molecule has 15 rings (SSSR count). The Morgan fingerprint density at radius 3 is 0.947 bits per heavy atom. The molecule has 15 aromatic rings. The molecule has 0 aliphatic heterocycles. The van der Waals surface area contributed by atoms with Gasteiger partial charge in [0.2, 0.25) is 5.95 Å². The highest BCUT2D eigenvalue weighted by molar-refractivity contribution is 6.22. The molecule has 0 saturated carbocycles. The van der Waals surface area contributed by atoms with Crippen LogP contribution in [0.15, 0.2) is 267 Å². The summed E-state index contributed by atoms with van der Waals surface area (Å²) in [5.74, 6) is 3.89. The van der Waals surface area contributed by atoms with Gasteiger partial charge in [0.15, 0.2) is 29.1 Å². The first-order valence-electron chi connectivity index (χ1n) is 25.4. The maximum absolute atomic E-state index is 4.99. The summed E-state index contributed by atoms with van der Waals surface area (Å²) in [7, 11) is 0. The van der Waals surface area contributed by atoms with Gasteiger partial charge in [-0.05, 0) is 70.1 Å². The minimum Gasteiger partial charge on any atom is -0.309 e. The van der Waals surface area contributed by atoms with Crippen LogP contribution in [0.4, 0.5) is 0 Å². The lowest BCUT2D eigenvalue weighted by atomic mass is 10.0. The van der Waals surface area contributed by atoms with E-state index >= 15 is 0 Å². The number of benzene rings is 11. The second-order valence-electron chi connectivity index (χ2n) is 18.7. The Morgan fingerprint density at radius 2 is 0.526 bits per heavy atom. The van der Waals surface area contributed by atoms with Crippen LogP contribution >= 0.6 is 0 Å². The third-order valence-corrected chi connectivity index (χ3v) is 14.1. The molecule has 0 unspecified atom stereocenters. The van der Waals surface area contributed by atoms with Gasteiger partial charge in [0, 0.05) is 55.0 Å². The molecule has 0 radical (unpaired) electrons. The minimum atomic E-state index is 0.610. The van der Waals surface area contributed by atoms with Crippen molar-refractivity contribution in [3.8, 4) is 68.6 Å². The van der Waals surface area contributed by atoms with E-state index in [1.165, 1.54) is 54.1 Å². The maximum atomic E-state index is 4.99. The smallest absolute Gasteiger partial charge is 0.238 e. The number of rotatable bonds is 7. The molecule has 11 aromatic carbocycles. The molecule has 76 heavy (non-hydrogen) atoms. The van der Waals surface area contributed by atoms with Gasteiger partial charge in [-0.2, -0.15) is 9.97 Å². The third kappa shape index (κ3) is 7.89. The summed E-state index contributed by atoms with van der Waals surface area (Å²) in [5.41, 5.74) is 10.4. The molecule has 0 aliphatic rings. The van der Waals surface area contributed by atoms with Crippen LogP contribution in [0.5, 0.6) is 0 Å². The van der Waals surface area contributed by atoms with Crippen LogP contribution in [-0.2, 0) is 0 Å². The number of para-hydroxylation sites is 2. The van der Waals surface area contributed by atoms with Crippen LogP contribution in [0.25, 0.3) is 134 Å². The lowest BCUT2D eigenvalue weighted by Crippen LogP contribution is -2.06. The van der Waals surface area contributed by atoms with Crippen molar-refractivity contribution in [1.29, 1.82) is 0 Å². The molecular formula is C68H44N8. The lowest BCUT2D eigenvalue weighted by molar-refractivity contribution is 0.953. The second kappa shape index (κ2) is 18.9. The van der Waals surface area contributed by atoms with E-state index in [1.54, 1.807) is 0 Å². The normalized spacial score (nSPS) is 11.4. The first-order valence-corrected chi connectivity index (χ1v) is 25.4. The van der Waals surface area contributed by atoms with E-state index in [0.717, 1.165) is 44.5 Å². The Hall–Kier alpha value is -10.4. The average Bonchev–Trinajstić information content (AvgIpc) is 4.05. The van der Waals surface area contributed by atoms with Crippen LogP contribution in [0.2, 0.25) is 0 Å². The Kier molecular flexibility index (Phi) is 11.0. The molecule has 0 amide bonds. The van der Waals surface area contributed by atoms with Gasteiger partial charge in [-0.25, -0.2) is 19.9 Å². The van der Waals surface area contributed by atoms with Crippen LogP contribution in [0.3, 0.4) is 0 Å². The summed E-state index contributed by atoms with van der Waals surface area (Å²) >= 11 is 0. The summed E-state index contributed by atoms with van der Waals surface area (Å²) in [6.07, 6.45) is 0. The van der Waals surface area contributed by atoms with E-state index in [-0.39, 0.29) is 0 Å². The van der Waals surface area contributed by atoms with Crippen molar-refractivity contribution >= 4 is 65.2 Å². The Bertz CT molecular complexity index is 4500. The molecule has 0 atom stereocenters. The summed E-state index contributed by atoms with van der Waals surface area (Å²) in [6, 6.07) is 91.9. The van der Waals surface area contributed by atoms with E-state index in [4.69, 9.17) is 29.9 Å². The largest absolute Gasteiger partial charge is 0.309 e. The first-order chi connectivity index (χ1) is 37.7. The molecule has 0 aliphatic carbocycles. The predicted octanol–water partition coefficient (Wildman–Crippen LogP) is 16.6. The Balaban J connectivity index is 0.000000141. The lowest BCUT2D eigenvalue weighted by Gasteiger charge is -2.11. The van der Waals surface area contributed by atoms with Crippen LogP contribution in [0.1, 0.15) is 0 Å². The monoisotopic (exact) mass is 972 g/mol. The molecular weight excluding hydrogens is 929 g/mol. The van der Waals surface area contributed by atoms with Gasteiger partial charge in [-0.3, -0.25) is 4.57 Å². The molecule has 4 heterocycles. The van der Waals surface area contributed by atoms with Gasteiger partial charge < -0.3 is 4.57 Å². The van der Waals surface area contributed by atoms with Gasteiger partial charge >= 0.3 is 0 Å². The first kappa shape index (κ1) is 44.3. The highest BCUT2D eigenvalue weighted by Gasteiger charge is 2.20. The highest BCUT2D eigenvalue weighted by atomic mass is 15.2. The predicted molar refractivity (Wildman–Crippen MR) is 311 cm³/mol. The third-order valence-electron chi connectivity index (χ3n) is 14.1. The summed E-state index contributed by atoms with van der Waals surface area (Å²) in [6.45, 7) is 0. The molecule has 0 fully saturated rings. The van der Waals surface area contributed by atoms with E-state index in [1.807, 2.05) is 121 Å². The van der Waals surface area contributed by atoms with E-state index in [2.05, 4.69) is 155 Å². The molecule has 8 nitrogen and oxygen atoms in total. The number of aromatic nitrogens is 8. The standard InChI is InChI=1S/C37H24N4.C31H20N4/c1-3-12-26(13-4-1)35-38-36(27-14-5-2-6-15-27)40-37(39-35)28-19-22-29(23-20-28)41-32-18-10-9-17-31(32)34-30-16-8-7-11-25(30)21-24-33(34)41;1-3-12-22(13-4-1)29-32-30(23-14-5-2-6-15-23)34-31(33-29)35-26-18-10-9-17-25(26)28-24-16-8-7-11-21(24)19-20-27(28)35/h1-24H;1-20H. The zero-order valence-corrected chi connectivity index (χ0v) is 41.0. The van der Waals surface area contributed by atoms with Gasteiger partial charge in [0.1, 0.15) is 0 Å². The fourth-order valence-electron chi connectivity index (χ4n) is 10.6. The summed E-state index contributed by atoms with van der Waals surface area (Å²) in [5, 5.41) is 9.87. The molecule has 8 heteroatoms. The second-order valence-corrected chi connectivity index (χ2v) is 18.7. The summed E-state index contributed by atoms with van der Waals surface area (Å²) < 4.78 is 4.51. The van der Waals surface area contributed by atoms with Crippen molar-refractivity contribution in [3.63, 3.8) is 0 Å². The minimum absolute atomic E-state index is 0.610. The highest BCUT2D eigenvalue weighted by Crippen LogP contribution is 2.39. The van der Waals surface area contributed by atoms with Crippen molar-refractivity contribution in [1.82, 2.24) is 39.0 Å². The fourth-order valence-corrected chi connectivity index (χ4v) is 10.6. The quantitative estimate of drug-likeness (QED) is 0.158. The number of hydrogen-bond acceptors (Lipinski definition) is 6. The number of hydrogen-bond donors (Lipinski definition) is 0. The molecule has 356 valence electrons. The van der Waals surface area contributed by atoms with E-state index in [9.17, 15) is 0 Å². The van der Waals surface area contributed by atoms with Gasteiger partial charge in [-0.15, -0.1) is 0 Å². The van der Waals surface area contributed by atoms with Gasteiger partial charge in [-0.1, -0.05) is 218 Å². The van der Waals surface area contributed by atoms with Crippen LogP contribution in [-0.4, -0.2) is 39.0 Å². The molecule has 0 spiro atoms. The fraction of sp³-hybridized carbons (Fsp3) is 0. The molecule has 0 bridgehead atoms. The van der Waals surface area contributed by atoms with E-state index < -0.39 is 0 Å². The van der Waals surface area contributed by atoms with E-state index in [0.29, 0.717) is 35.1 Å². The topological polar surface area (TPSA) is 87.2 Å². The van der Waals surface area contributed by atoms with Crippen LogP contribution < -0.4 is 0 Å². The van der Waals surface area contributed by atoms with Crippen molar-refractivity contribution in [3.05, 3.63) is 267 Å². The molecule has 0 saturated heterocycles. The van der Waals surface area contributed by atoms with Crippen LogP contribution in [0, 0.1) is 0 Å². The van der Waals surface area contributed by atoms with Gasteiger partial charge in [0.25, 0.3) is 0 Å². The zero-order valence-electron chi connectivity index (χ0n) is 41.0. The molecule has 4 aromatic heterocycles. The summed E-state index contributed by atoms with van der Waals surface area (Å²) in [4.78, 5) is 29.5. The number of fused-ring (bicyclic) bond motifs is 10. The van der Waals surface area contributed by atoms with Gasteiger partial charge in [0.05, 0.1) is 22.1 Å². The number of nitrogens with zero attached hydrogens (tertiary/aromatic N) is 8. The van der Waals surface area contributed by atoms with Crippen molar-refractivity contribution in [2.24, 2.45) is 0 Å². The molecule has 0 N–H and O–H groups in total.